The molecule has 4 rings (SSSR count). The van der Waals surface area contributed by atoms with Gasteiger partial charge in [-0.2, -0.15) is 0 Å². The summed E-state index contributed by atoms with van der Waals surface area (Å²) in [5, 5.41) is 4.11. The minimum atomic E-state index is -0.134. The highest BCUT2D eigenvalue weighted by atomic mass is 16.4. The van der Waals surface area contributed by atoms with Crippen molar-refractivity contribution in [3.8, 4) is 5.69 Å². The molecular weight excluding hydrogens is 302 g/mol. The quantitative estimate of drug-likeness (QED) is 0.797. The van der Waals surface area contributed by atoms with Gasteiger partial charge in [0.2, 0.25) is 0 Å². The van der Waals surface area contributed by atoms with E-state index < -0.39 is 0 Å². The molecule has 1 fully saturated rings. The lowest BCUT2D eigenvalue weighted by Gasteiger charge is -2.12. The molecule has 5 heteroatoms. The average Bonchev–Trinajstić information content (AvgIpc) is 3.32. The molecule has 0 radical (unpaired) electrons. The van der Waals surface area contributed by atoms with Gasteiger partial charge in [0.05, 0.1) is 16.3 Å². The summed E-state index contributed by atoms with van der Waals surface area (Å²) in [5.74, 6) is 1.53. The SMILES string of the molecule is C=c1[nH]n(-c2ccccc2)c(=O)c1=Cc1ccc(N2CCCC2)o1. The average molecular weight is 321 g/mol. The van der Waals surface area contributed by atoms with Crippen LogP contribution < -0.4 is 21.0 Å². The zero-order valence-corrected chi connectivity index (χ0v) is 13.4. The van der Waals surface area contributed by atoms with Crippen LogP contribution in [0, 0.1) is 0 Å². The summed E-state index contributed by atoms with van der Waals surface area (Å²) >= 11 is 0. The Morgan fingerprint density at radius 1 is 1.08 bits per heavy atom. The number of nitrogens with one attached hydrogen (secondary N) is 1. The van der Waals surface area contributed by atoms with Gasteiger partial charge in [-0.15, -0.1) is 0 Å². The molecule has 122 valence electrons. The predicted octanol–water partition coefficient (Wildman–Crippen LogP) is 1.60. The van der Waals surface area contributed by atoms with Crippen molar-refractivity contribution in [2.75, 3.05) is 18.0 Å². The first kappa shape index (κ1) is 14.6. The second kappa shape index (κ2) is 5.92. The third-order valence-corrected chi connectivity index (χ3v) is 4.34. The van der Waals surface area contributed by atoms with Gasteiger partial charge in [0.15, 0.2) is 5.88 Å². The lowest BCUT2D eigenvalue weighted by molar-refractivity contribution is 0.547. The molecule has 1 aliphatic rings. The van der Waals surface area contributed by atoms with Crippen LogP contribution in [-0.2, 0) is 0 Å². The van der Waals surface area contributed by atoms with Crippen LogP contribution in [0.1, 0.15) is 18.6 Å². The smallest absolute Gasteiger partial charge is 0.279 e. The molecule has 5 nitrogen and oxygen atoms in total. The fourth-order valence-corrected chi connectivity index (χ4v) is 3.07. The summed E-state index contributed by atoms with van der Waals surface area (Å²) < 4.78 is 7.38. The molecule has 3 heterocycles. The van der Waals surface area contributed by atoms with Crippen LogP contribution in [0.5, 0.6) is 0 Å². The number of rotatable bonds is 3. The number of aromatic nitrogens is 2. The number of hydrogen-bond donors (Lipinski definition) is 1. The van der Waals surface area contributed by atoms with Crippen molar-refractivity contribution < 1.29 is 4.42 Å². The molecule has 3 aromatic rings. The Bertz CT molecular complexity index is 1010. The van der Waals surface area contributed by atoms with Gasteiger partial charge in [-0.1, -0.05) is 24.8 Å². The van der Waals surface area contributed by atoms with Crippen LogP contribution in [0.2, 0.25) is 0 Å². The molecule has 1 saturated heterocycles. The van der Waals surface area contributed by atoms with Gasteiger partial charge in [-0.05, 0) is 37.1 Å². The van der Waals surface area contributed by atoms with Gasteiger partial charge in [-0.25, -0.2) is 4.68 Å². The van der Waals surface area contributed by atoms with Crippen LogP contribution in [0.25, 0.3) is 18.3 Å². The van der Waals surface area contributed by atoms with Crippen molar-refractivity contribution in [2.45, 2.75) is 12.8 Å². The molecule has 0 amide bonds. The molecule has 0 unspecified atom stereocenters. The van der Waals surface area contributed by atoms with E-state index in [4.69, 9.17) is 4.42 Å². The van der Waals surface area contributed by atoms with Gasteiger partial charge < -0.3 is 9.32 Å². The molecule has 0 aliphatic carbocycles. The van der Waals surface area contributed by atoms with Gasteiger partial charge in [0.25, 0.3) is 5.56 Å². The lowest BCUT2D eigenvalue weighted by Crippen LogP contribution is -2.33. The second-order valence-electron chi connectivity index (χ2n) is 5.99. The van der Waals surface area contributed by atoms with E-state index >= 15 is 0 Å². The maximum atomic E-state index is 12.7. The Kier molecular flexibility index (Phi) is 3.61. The summed E-state index contributed by atoms with van der Waals surface area (Å²) in [7, 11) is 0. The number of H-pyrrole nitrogens is 1. The highest BCUT2D eigenvalue weighted by Gasteiger charge is 2.15. The van der Waals surface area contributed by atoms with Crippen molar-refractivity contribution >= 4 is 18.5 Å². The molecule has 0 spiro atoms. The fraction of sp³-hybridized carbons (Fsp3) is 0.211. The van der Waals surface area contributed by atoms with E-state index in [0.29, 0.717) is 16.3 Å². The molecule has 1 aromatic carbocycles. The topological polar surface area (TPSA) is 54.2 Å². The van der Waals surface area contributed by atoms with Crippen molar-refractivity contribution in [2.24, 2.45) is 0 Å². The minimum Gasteiger partial charge on any atom is -0.441 e. The van der Waals surface area contributed by atoms with Crippen molar-refractivity contribution in [3.63, 3.8) is 0 Å². The summed E-state index contributed by atoms with van der Waals surface area (Å²) in [6, 6.07) is 13.3. The Labute approximate surface area is 139 Å². The van der Waals surface area contributed by atoms with Gasteiger partial charge in [0.1, 0.15) is 5.76 Å². The number of furan rings is 1. The van der Waals surface area contributed by atoms with Crippen LogP contribution in [0.15, 0.2) is 51.7 Å². The molecule has 0 atom stereocenters. The normalized spacial score (nSPS) is 15.3. The van der Waals surface area contributed by atoms with Crippen molar-refractivity contribution in [1.29, 1.82) is 0 Å². The number of aromatic amines is 1. The molecule has 0 saturated carbocycles. The third-order valence-electron chi connectivity index (χ3n) is 4.34. The van der Waals surface area contributed by atoms with Crippen molar-refractivity contribution in [1.82, 2.24) is 9.78 Å². The molecule has 1 aliphatic heterocycles. The summed E-state index contributed by atoms with van der Waals surface area (Å²) in [6.07, 6.45) is 4.14. The fourth-order valence-electron chi connectivity index (χ4n) is 3.07. The Morgan fingerprint density at radius 3 is 2.58 bits per heavy atom. The van der Waals surface area contributed by atoms with E-state index in [0.717, 1.165) is 24.7 Å². The first-order valence-electron chi connectivity index (χ1n) is 8.14. The van der Waals surface area contributed by atoms with E-state index in [9.17, 15) is 4.79 Å². The number of anilines is 1. The van der Waals surface area contributed by atoms with E-state index in [2.05, 4.69) is 16.6 Å². The first-order valence-corrected chi connectivity index (χ1v) is 8.14. The Hall–Kier alpha value is -2.95. The number of benzene rings is 1. The van der Waals surface area contributed by atoms with E-state index in [1.807, 2.05) is 42.5 Å². The molecule has 1 N–H and O–H groups in total. The summed E-state index contributed by atoms with van der Waals surface area (Å²) in [6.45, 7) is 6.00. The highest BCUT2D eigenvalue weighted by molar-refractivity contribution is 5.49. The van der Waals surface area contributed by atoms with Gasteiger partial charge in [0, 0.05) is 19.2 Å². The van der Waals surface area contributed by atoms with E-state index in [1.54, 1.807) is 6.08 Å². The molecule has 0 bridgehead atoms. The Balaban J connectivity index is 1.74. The first-order chi connectivity index (χ1) is 11.7. The van der Waals surface area contributed by atoms with Gasteiger partial charge >= 0.3 is 0 Å². The summed E-state index contributed by atoms with van der Waals surface area (Å²) in [5.41, 5.74) is 0.648. The predicted molar refractivity (Wildman–Crippen MR) is 94.9 cm³/mol. The largest absolute Gasteiger partial charge is 0.441 e. The maximum absolute atomic E-state index is 12.7. The van der Waals surface area contributed by atoms with Crippen LogP contribution >= 0.6 is 0 Å². The number of nitrogens with zero attached hydrogens (tertiary/aromatic N) is 2. The highest BCUT2D eigenvalue weighted by Crippen LogP contribution is 2.22. The third kappa shape index (κ3) is 2.58. The molecule has 2 aromatic heterocycles. The zero-order chi connectivity index (χ0) is 16.5. The standard InChI is InChI=1S/C19H19N3O2/c1-14-17(19(23)22(20-14)15-7-3-2-4-8-15)13-16-9-10-18(24-16)21-11-5-6-12-21/h2-4,7-10,13,20H,1,5-6,11-12H2. The van der Waals surface area contributed by atoms with Crippen LogP contribution in [0.3, 0.4) is 0 Å². The molecule has 24 heavy (non-hydrogen) atoms. The van der Waals surface area contributed by atoms with Crippen LogP contribution in [-0.4, -0.2) is 22.9 Å². The van der Waals surface area contributed by atoms with Gasteiger partial charge in [-0.3, -0.25) is 9.89 Å². The van der Waals surface area contributed by atoms with E-state index in [1.165, 1.54) is 17.5 Å². The minimum absolute atomic E-state index is 0.134. The Morgan fingerprint density at radius 2 is 1.83 bits per heavy atom. The maximum Gasteiger partial charge on any atom is 0.279 e. The monoisotopic (exact) mass is 321 g/mol. The number of para-hydroxylation sites is 1. The van der Waals surface area contributed by atoms with Crippen LogP contribution in [0.4, 0.5) is 5.88 Å². The lowest BCUT2D eigenvalue weighted by atomic mass is 10.3. The molecular formula is C19H19N3O2. The zero-order valence-electron chi connectivity index (χ0n) is 13.4. The van der Waals surface area contributed by atoms with Crippen molar-refractivity contribution in [3.05, 3.63) is 69.1 Å². The van der Waals surface area contributed by atoms with E-state index in [-0.39, 0.29) is 5.56 Å². The number of hydrogen-bond acceptors (Lipinski definition) is 3. The second-order valence-corrected chi connectivity index (χ2v) is 5.99. The summed E-state index contributed by atoms with van der Waals surface area (Å²) in [4.78, 5) is 14.9.